The summed E-state index contributed by atoms with van der Waals surface area (Å²) in [4.78, 5) is 0. The Morgan fingerprint density at radius 3 is 1.91 bits per heavy atom. The van der Waals surface area contributed by atoms with Crippen molar-refractivity contribution in [3.05, 3.63) is 97.4 Å². The van der Waals surface area contributed by atoms with Crippen LogP contribution in [0.2, 0.25) is 8.26 Å². The van der Waals surface area contributed by atoms with Crippen molar-refractivity contribution in [1.29, 1.82) is 0 Å². The molecular weight excluding hydrogens is 571 g/mol. The molecule has 2 aliphatic carbocycles. The van der Waals surface area contributed by atoms with Crippen LogP contribution < -0.4 is 0 Å². The van der Waals surface area contributed by atoms with Gasteiger partial charge < -0.3 is 0 Å². The Bertz CT molecular complexity index is 1160. The maximum absolute atomic E-state index is 3.31. The molecule has 0 heterocycles. The maximum Gasteiger partial charge on any atom is -0.147 e. The standard InChI is InChI=1S/C15H11.C9H13.2C2H5.2ClH.GeH2.Zr/c1-2-6-12(7-3-1)15-11-10-13-8-4-5-9-14(13)15;1-6-5-7(2)9(4)8(6)3;2*1-2;;;;/h1-11H;6H,1-4H3;2*1H2,2H3;2*1H;1H2;. The third-order valence-electron chi connectivity index (χ3n) is 8.95. The molecule has 0 radical (unpaired) electrons. The van der Waals surface area contributed by atoms with Crippen molar-refractivity contribution in [1.82, 2.24) is 0 Å². The van der Waals surface area contributed by atoms with Gasteiger partial charge in [-0.3, -0.25) is 0 Å². The van der Waals surface area contributed by atoms with Gasteiger partial charge in [-0.1, -0.05) is 0 Å². The average Bonchev–Trinajstić information content (AvgIpc) is 3.27. The predicted molar refractivity (Wildman–Crippen MR) is 147 cm³/mol. The molecule has 0 amide bonds. The minimum atomic E-state index is -3.31. The quantitative estimate of drug-likeness (QED) is 0.299. The first kappa shape index (κ1) is 27.9. The van der Waals surface area contributed by atoms with Crippen LogP contribution in [0.4, 0.5) is 0 Å². The number of hydrogen-bond donors (Lipinski definition) is 0. The van der Waals surface area contributed by atoms with Gasteiger partial charge in [-0.05, 0) is 0 Å². The Hall–Kier alpha value is -0.334. The first-order valence-electron chi connectivity index (χ1n) is 11.6. The average molecular weight is 609 g/mol. The zero-order valence-electron chi connectivity index (χ0n) is 20.4. The fraction of sp³-hybridized carbons (Fsp3) is 0.357. The third kappa shape index (κ3) is 3.94. The van der Waals surface area contributed by atoms with Gasteiger partial charge in [0.15, 0.2) is 0 Å². The molecule has 4 heteroatoms. The van der Waals surface area contributed by atoms with E-state index in [-0.39, 0.29) is 24.8 Å². The second-order valence-electron chi connectivity index (χ2n) is 9.82. The van der Waals surface area contributed by atoms with E-state index in [0.29, 0.717) is 9.54 Å². The van der Waals surface area contributed by atoms with Gasteiger partial charge in [-0.25, -0.2) is 0 Å². The Morgan fingerprint density at radius 2 is 1.38 bits per heavy atom. The van der Waals surface area contributed by atoms with Crippen LogP contribution in [0.15, 0.2) is 80.7 Å². The van der Waals surface area contributed by atoms with Crippen molar-refractivity contribution >= 4 is 42.5 Å². The van der Waals surface area contributed by atoms with Crippen LogP contribution in [0.3, 0.4) is 0 Å². The molecule has 2 aromatic carbocycles. The number of allylic oxidation sites excluding steroid dienone is 5. The van der Waals surface area contributed by atoms with E-state index < -0.39 is 15.7 Å². The van der Waals surface area contributed by atoms with Crippen LogP contribution in [0.25, 0.3) is 5.57 Å². The summed E-state index contributed by atoms with van der Waals surface area (Å²) >= 11 is -1.82. The van der Waals surface area contributed by atoms with Gasteiger partial charge in [0, 0.05) is 0 Å². The van der Waals surface area contributed by atoms with E-state index in [2.05, 4.69) is 102 Å². The summed E-state index contributed by atoms with van der Waals surface area (Å²) in [5, 5.41) is 0. The Balaban J connectivity index is 0.00000181. The second kappa shape index (κ2) is 10.1. The number of hydrogen-bond acceptors (Lipinski definition) is 0. The van der Waals surface area contributed by atoms with Gasteiger partial charge in [-0.2, -0.15) is 0 Å². The van der Waals surface area contributed by atoms with E-state index in [1.165, 1.54) is 37.1 Å². The largest absolute Gasteiger partial charge is 0.147 e. The Labute approximate surface area is 213 Å². The maximum atomic E-state index is 2.72. The fourth-order valence-corrected chi connectivity index (χ4v) is 34.4. The van der Waals surface area contributed by atoms with Gasteiger partial charge in [-0.15, -0.1) is 24.8 Å². The van der Waals surface area contributed by atoms with Crippen LogP contribution in [-0.4, -0.2) is 12.1 Å². The molecule has 0 saturated carbocycles. The third-order valence-corrected chi connectivity index (χ3v) is 51.0. The van der Waals surface area contributed by atoms with Crippen LogP contribution in [0.1, 0.15) is 61.9 Å². The molecule has 2 atom stereocenters. The summed E-state index contributed by atoms with van der Waals surface area (Å²) in [5.74, 6) is 0.630. The smallest absolute Gasteiger partial charge is 0.147 e. The summed E-state index contributed by atoms with van der Waals surface area (Å²) in [6.07, 6.45) is 2.72. The molecule has 2 aliphatic rings. The Kier molecular flexibility index (Phi) is 8.82. The molecule has 4 rings (SSSR count). The van der Waals surface area contributed by atoms with E-state index in [1.807, 2.05) is 3.28 Å². The number of fused-ring (bicyclic) bond motifs is 1. The molecular formula is C28H38Cl2GeZr. The van der Waals surface area contributed by atoms with E-state index in [1.54, 1.807) is 22.3 Å². The van der Waals surface area contributed by atoms with E-state index in [9.17, 15) is 0 Å². The molecule has 0 fully saturated rings. The molecule has 0 nitrogen and oxygen atoms in total. The van der Waals surface area contributed by atoms with Gasteiger partial charge in [0.1, 0.15) is 0 Å². The number of rotatable bonds is 5. The van der Waals surface area contributed by atoms with Gasteiger partial charge in [0.2, 0.25) is 0 Å². The van der Waals surface area contributed by atoms with E-state index >= 15 is 0 Å². The molecule has 0 bridgehead atoms. The number of halogens is 2. The van der Waals surface area contributed by atoms with Gasteiger partial charge in [0.25, 0.3) is 0 Å². The molecule has 0 N–H and O–H groups in total. The normalized spacial score (nSPS) is 20.5. The van der Waals surface area contributed by atoms with Crippen LogP contribution in [0, 0.1) is 5.92 Å². The summed E-state index contributed by atoms with van der Waals surface area (Å²) in [6.45, 7) is 14.8. The topological polar surface area (TPSA) is 0 Å². The van der Waals surface area contributed by atoms with Crippen molar-refractivity contribution in [2.24, 2.45) is 5.92 Å². The molecule has 0 spiro atoms. The molecule has 0 aliphatic heterocycles. The number of benzene rings is 2. The first-order chi connectivity index (χ1) is 14.3. The molecule has 2 unspecified atom stereocenters. The molecule has 0 aromatic heterocycles. The Morgan fingerprint density at radius 1 is 0.812 bits per heavy atom. The SMILES string of the molecule is C[CH2][Zr](=[GeH2])([CH2]C)([C]1=C(C)C(C)=C(C)C1C)[CH]1C=C(c2ccccc2)c2ccccc21.Cl.Cl. The van der Waals surface area contributed by atoms with Crippen molar-refractivity contribution in [3.63, 3.8) is 0 Å². The zero-order chi connectivity index (χ0) is 21.7. The van der Waals surface area contributed by atoms with Crippen LogP contribution >= 0.6 is 24.8 Å². The second-order valence-corrected chi connectivity index (χ2v) is 48.0. The van der Waals surface area contributed by atoms with Crippen LogP contribution in [-0.2, 0) is 15.7 Å². The summed E-state index contributed by atoms with van der Waals surface area (Å²) in [5.41, 5.74) is 10.8. The molecule has 172 valence electrons. The summed E-state index contributed by atoms with van der Waals surface area (Å²) in [7, 11) is 0. The molecule has 2 aromatic rings. The van der Waals surface area contributed by atoms with Crippen molar-refractivity contribution < 1.29 is 15.7 Å². The molecule has 0 saturated heterocycles. The van der Waals surface area contributed by atoms with E-state index in [4.69, 9.17) is 0 Å². The predicted octanol–water partition coefficient (Wildman–Crippen LogP) is 8.39. The first-order valence-corrected chi connectivity index (χ1v) is 28.2. The van der Waals surface area contributed by atoms with E-state index in [0.717, 1.165) is 0 Å². The van der Waals surface area contributed by atoms with Gasteiger partial charge in [0.05, 0.1) is 0 Å². The fourth-order valence-electron chi connectivity index (χ4n) is 6.55. The summed E-state index contributed by atoms with van der Waals surface area (Å²) in [6, 6.07) is 20.4. The van der Waals surface area contributed by atoms with Crippen molar-refractivity contribution in [3.8, 4) is 0 Å². The minimum Gasteiger partial charge on any atom is -0.147 e. The van der Waals surface area contributed by atoms with Crippen LogP contribution in [0.5, 0.6) is 0 Å². The molecule has 32 heavy (non-hydrogen) atoms. The van der Waals surface area contributed by atoms with Crippen molar-refractivity contribution in [2.45, 2.75) is 53.4 Å². The summed E-state index contributed by atoms with van der Waals surface area (Å²) < 4.78 is 5.36. The van der Waals surface area contributed by atoms with Gasteiger partial charge >= 0.3 is 190 Å². The minimum absolute atomic E-state index is 0. The van der Waals surface area contributed by atoms with Crippen molar-refractivity contribution in [2.75, 3.05) is 0 Å². The monoisotopic (exact) mass is 608 g/mol. The zero-order valence-corrected chi connectivity index (χ0v) is 27.4.